The summed E-state index contributed by atoms with van der Waals surface area (Å²) in [6.07, 6.45) is 1.39. The van der Waals surface area contributed by atoms with Gasteiger partial charge in [-0.15, -0.1) is 0 Å². The average Bonchev–Trinajstić information content (AvgIpc) is 3.19. The number of methoxy groups -OCH3 is 1. The lowest BCUT2D eigenvalue weighted by Gasteiger charge is -2.14. The topological polar surface area (TPSA) is 109 Å². The van der Waals surface area contributed by atoms with Gasteiger partial charge in [0.15, 0.2) is 11.5 Å². The van der Waals surface area contributed by atoms with Gasteiger partial charge in [-0.2, -0.15) is 10.2 Å². The van der Waals surface area contributed by atoms with E-state index in [1.54, 1.807) is 43.5 Å². The number of carbonyl (C=O) groups excluding carboxylic acids is 1. The summed E-state index contributed by atoms with van der Waals surface area (Å²) in [7, 11) is 1.57. The fraction of sp³-hybridized carbons (Fsp3) is 0.190. The third-order valence-corrected chi connectivity index (χ3v) is 3.95. The molecule has 0 atom stereocenters. The largest absolute Gasteiger partial charge is 0.507 e. The lowest BCUT2D eigenvalue weighted by molar-refractivity contribution is 0.0950. The number of benzene rings is 2. The molecule has 2 aromatic carbocycles. The minimum atomic E-state index is -0.456. The Morgan fingerprint density at radius 3 is 2.72 bits per heavy atom. The molecular weight excluding hydrogens is 372 g/mol. The van der Waals surface area contributed by atoms with Gasteiger partial charge in [-0.1, -0.05) is 12.1 Å². The van der Waals surface area contributed by atoms with Crippen LogP contribution in [-0.2, 0) is 0 Å². The van der Waals surface area contributed by atoms with E-state index in [-0.39, 0.29) is 17.5 Å². The number of aromatic amines is 1. The number of nitrogens with zero attached hydrogens (tertiary/aromatic N) is 2. The first-order chi connectivity index (χ1) is 14.0. The molecule has 0 spiro atoms. The molecule has 1 amide bonds. The summed E-state index contributed by atoms with van der Waals surface area (Å²) in [4.78, 5) is 12.3. The standard InChI is InChI=1S/C21H22N4O4/c1-13(2)29-19-9-8-14(10-20(19)28-3)16-11-17(24-23-16)21(27)25-22-12-15-6-4-5-7-18(15)26/h4-13,26H,1-3H3,(H,23,24)(H,25,27)/b22-12-. The van der Waals surface area contributed by atoms with Crippen molar-refractivity contribution in [2.75, 3.05) is 7.11 Å². The number of ether oxygens (including phenoxy) is 2. The summed E-state index contributed by atoms with van der Waals surface area (Å²) in [5, 5.41) is 20.4. The number of nitrogens with one attached hydrogen (secondary N) is 2. The van der Waals surface area contributed by atoms with Gasteiger partial charge in [0.25, 0.3) is 5.91 Å². The number of amides is 1. The van der Waals surface area contributed by atoms with Gasteiger partial charge in [0.1, 0.15) is 11.4 Å². The molecule has 0 radical (unpaired) electrons. The second-order valence-electron chi connectivity index (χ2n) is 6.46. The highest BCUT2D eigenvalue weighted by molar-refractivity contribution is 5.94. The Morgan fingerprint density at radius 1 is 1.21 bits per heavy atom. The molecule has 0 aliphatic carbocycles. The van der Waals surface area contributed by atoms with E-state index in [4.69, 9.17) is 9.47 Å². The normalized spacial score (nSPS) is 11.0. The second kappa shape index (κ2) is 8.92. The lowest BCUT2D eigenvalue weighted by Crippen LogP contribution is -2.18. The van der Waals surface area contributed by atoms with E-state index in [2.05, 4.69) is 20.7 Å². The van der Waals surface area contributed by atoms with Gasteiger partial charge in [-0.3, -0.25) is 9.89 Å². The molecule has 29 heavy (non-hydrogen) atoms. The van der Waals surface area contributed by atoms with Crippen molar-refractivity contribution in [1.82, 2.24) is 15.6 Å². The molecule has 0 unspecified atom stereocenters. The van der Waals surface area contributed by atoms with E-state index in [0.717, 1.165) is 5.56 Å². The molecule has 0 fully saturated rings. The Kier molecular flexibility index (Phi) is 6.13. The molecule has 0 saturated heterocycles. The molecule has 150 valence electrons. The van der Waals surface area contributed by atoms with E-state index in [1.165, 1.54) is 12.3 Å². The summed E-state index contributed by atoms with van der Waals surface area (Å²) >= 11 is 0. The molecule has 1 aromatic heterocycles. The summed E-state index contributed by atoms with van der Waals surface area (Å²) in [5.74, 6) is 0.839. The first-order valence-corrected chi connectivity index (χ1v) is 9.00. The average molecular weight is 394 g/mol. The van der Waals surface area contributed by atoms with Crippen LogP contribution in [0.2, 0.25) is 0 Å². The SMILES string of the molecule is COc1cc(-c2cc(C(=O)N/N=C\c3ccccc3O)[nH]n2)ccc1OC(C)C. The van der Waals surface area contributed by atoms with E-state index in [0.29, 0.717) is 22.8 Å². The summed E-state index contributed by atoms with van der Waals surface area (Å²) in [6.45, 7) is 3.88. The number of hydrazone groups is 1. The second-order valence-corrected chi connectivity index (χ2v) is 6.46. The number of hydrogen-bond donors (Lipinski definition) is 3. The van der Waals surface area contributed by atoms with Gasteiger partial charge in [0, 0.05) is 11.1 Å². The zero-order chi connectivity index (χ0) is 20.8. The number of carbonyl (C=O) groups is 1. The van der Waals surface area contributed by atoms with Crippen molar-refractivity contribution < 1.29 is 19.4 Å². The number of phenolic OH excluding ortho intramolecular Hbond substituents is 1. The van der Waals surface area contributed by atoms with Crippen LogP contribution in [-0.4, -0.2) is 40.6 Å². The minimum absolute atomic E-state index is 0.0220. The Labute approximate surface area is 168 Å². The fourth-order valence-corrected chi connectivity index (χ4v) is 2.58. The first-order valence-electron chi connectivity index (χ1n) is 9.00. The summed E-state index contributed by atoms with van der Waals surface area (Å²) in [6, 6.07) is 13.7. The van der Waals surface area contributed by atoms with Crippen LogP contribution in [0.5, 0.6) is 17.2 Å². The highest BCUT2D eigenvalue weighted by Crippen LogP contribution is 2.32. The van der Waals surface area contributed by atoms with Gasteiger partial charge in [-0.25, -0.2) is 5.43 Å². The molecule has 0 aliphatic heterocycles. The van der Waals surface area contributed by atoms with Crippen molar-refractivity contribution in [3.8, 4) is 28.5 Å². The van der Waals surface area contributed by atoms with Gasteiger partial charge in [0.05, 0.1) is 25.1 Å². The summed E-state index contributed by atoms with van der Waals surface area (Å²) in [5.41, 5.74) is 4.48. The highest BCUT2D eigenvalue weighted by atomic mass is 16.5. The molecular formula is C21H22N4O4. The van der Waals surface area contributed by atoms with Crippen LogP contribution in [0.25, 0.3) is 11.3 Å². The zero-order valence-corrected chi connectivity index (χ0v) is 16.3. The number of hydrogen-bond acceptors (Lipinski definition) is 6. The zero-order valence-electron chi connectivity index (χ0n) is 16.3. The monoisotopic (exact) mass is 394 g/mol. The molecule has 3 rings (SSSR count). The third kappa shape index (κ3) is 4.92. The molecule has 0 bridgehead atoms. The predicted molar refractivity (Wildman–Crippen MR) is 110 cm³/mol. The first kappa shape index (κ1) is 19.9. The van der Waals surface area contributed by atoms with Crippen molar-refractivity contribution >= 4 is 12.1 Å². The summed E-state index contributed by atoms with van der Waals surface area (Å²) < 4.78 is 11.1. The minimum Gasteiger partial charge on any atom is -0.507 e. The molecule has 8 heteroatoms. The maximum Gasteiger partial charge on any atom is 0.289 e. The van der Waals surface area contributed by atoms with Crippen LogP contribution in [0.3, 0.4) is 0 Å². The molecule has 3 N–H and O–H groups in total. The number of phenols is 1. The highest BCUT2D eigenvalue weighted by Gasteiger charge is 2.13. The van der Waals surface area contributed by atoms with E-state index < -0.39 is 5.91 Å². The molecule has 8 nitrogen and oxygen atoms in total. The van der Waals surface area contributed by atoms with Gasteiger partial charge >= 0.3 is 0 Å². The Hall–Kier alpha value is -3.81. The van der Waals surface area contributed by atoms with Gasteiger partial charge < -0.3 is 14.6 Å². The van der Waals surface area contributed by atoms with Crippen molar-refractivity contribution in [2.45, 2.75) is 20.0 Å². The van der Waals surface area contributed by atoms with Crippen LogP contribution >= 0.6 is 0 Å². The number of rotatable bonds is 7. The number of aromatic hydroxyl groups is 1. The van der Waals surface area contributed by atoms with Gasteiger partial charge in [-0.05, 0) is 50.2 Å². The van der Waals surface area contributed by atoms with Crippen molar-refractivity contribution in [3.63, 3.8) is 0 Å². The van der Waals surface area contributed by atoms with Gasteiger partial charge in [0.2, 0.25) is 0 Å². The van der Waals surface area contributed by atoms with Crippen LogP contribution in [0.4, 0.5) is 0 Å². The quantitative estimate of drug-likeness (QED) is 0.421. The fourth-order valence-electron chi connectivity index (χ4n) is 2.58. The molecule has 3 aromatic rings. The van der Waals surface area contributed by atoms with Crippen LogP contribution in [0.15, 0.2) is 53.6 Å². The predicted octanol–water partition coefficient (Wildman–Crippen LogP) is 3.34. The van der Waals surface area contributed by atoms with E-state index in [1.807, 2.05) is 19.9 Å². The smallest absolute Gasteiger partial charge is 0.289 e. The van der Waals surface area contributed by atoms with E-state index in [9.17, 15) is 9.90 Å². The number of para-hydroxylation sites is 1. The lowest BCUT2D eigenvalue weighted by atomic mass is 10.1. The Balaban J connectivity index is 1.71. The van der Waals surface area contributed by atoms with Crippen LogP contribution < -0.4 is 14.9 Å². The Morgan fingerprint density at radius 2 is 2.00 bits per heavy atom. The van der Waals surface area contributed by atoms with Crippen molar-refractivity contribution in [3.05, 3.63) is 59.8 Å². The van der Waals surface area contributed by atoms with Crippen molar-refractivity contribution in [2.24, 2.45) is 5.10 Å². The van der Waals surface area contributed by atoms with Crippen LogP contribution in [0.1, 0.15) is 29.9 Å². The number of H-pyrrole nitrogens is 1. The number of aromatic nitrogens is 2. The van der Waals surface area contributed by atoms with E-state index >= 15 is 0 Å². The van der Waals surface area contributed by atoms with Crippen LogP contribution in [0, 0.1) is 0 Å². The molecule has 0 saturated carbocycles. The maximum atomic E-state index is 12.3. The third-order valence-electron chi connectivity index (χ3n) is 3.95. The molecule has 0 aliphatic rings. The Bertz CT molecular complexity index is 1030. The van der Waals surface area contributed by atoms with Crippen molar-refractivity contribution in [1.29, 1.82) is 0 Å². The maximum absolute atomic E-state index is 12.3. The molecule has 1 heterocycles.